The first kappa shape index (κ1) is 15.5. The quantitative estimate of drug-likeness (QED) is 0.706. The van der Waals surface area contributed by atoms with E-state index in [1.165, 1.54) is 0 Å². The number of halogens is 1. The first-order valence-electron chi connectivity index (χ1n) is 6.60. The second-order valence-electron chi connectivity index (χ2n) is 4.92. The molecule has 7 heteroatoms. The fourth-order valence-corrected chi connectivity index (χ4v) is 2.64. The lowest BCUT2D eigenvalue weighted by molar-refractivity contribution is -0.129. The van der Waals surface area contributed by atoms with Crippen molar-refractivity contribution in [3.05, 3.63) is 34.3 Å². The van der Waals surface area contributed by atoms with Gasteiger partial charge < -0.3 is 16.4 Å². The van der Waals surface area contributed by atoms with Crippen LogP contribution in [0.4, 0.5) is 0 Å². The van der Waals surface area contributed by atoms with Gasteiger partial charge in [0.25, 0.3) is 0 Å². The molecular formula is C14H16BrN3O3. The predicted octanol–water partition coefficient (Wildman–Crippen LogP) is 0.240. The summed E-state index contributed by atoms with van der Waals surface area (Å²) in [7, 11) is 0. The number of carbonyl (C=O) groups is 3. The highest BCUT2D eigenvalue weighted by Crippen LogP contribution is 2.17. The standard InChI is InChI=1S/C14H16BrN3O3/c15-9-4-2-1-3-8(9)7-11(13(16)20)18-14(21)10-5-6-12(19)17-10/h1-4,10-11H,5-7H2,(H2,16,20)(H,17,19)(H,18,21)/t10-,11+/m1/s1. The molecule has 1 aromatic carbocycles. The molecule has 2 atom stereocenters. The smallest absolute Gasteiger partial charge is 0.243 e. The number of benzene rings is 1. The van der Waals surface area contributed by atoms with Crippen LogP contribution in [0.15, 0.2) is 28.7 Å². The van der Waals surface area contributed by atoms with E-state index in [1.54, 1.807) is 0 Å². The summed E-state index contributed by atoms with van der Waals surface area (Å²) in [6.45, 7) is 0. The van der Waals surface area contributed by atoms with E-state index in [1.807, 2.05) is 24.3 Å². The first-order chi connectivity index (χ1) is 9.97. The summed E-state index contributed by atoms with van der Waals surface area (Å²) in [5.74, 6) is -1.14. The van der Waals surface area contributed by atoms with Gasteiger partial charge in [-0.15, -0.1) is 0 Å². The van der Waals surface area contributed by atoms with Crippen molar-refractivity contribution in [1.82, 2.24) is 10.6 Å². The summed E-state index contributed by atoms with van der Waals surface area (Å²) in [5, 5.41) is 5.17. The minimum absolute atomic E-state index is 0.156. The lowest BCUT2D eigenvalue weighted by Crippen LogP contribution is -2.51. The molecule has 6 nitrogen and oxygen atoms in total. The average Bonchev–Trinajstić information content (AvgIpc) is 2.87. The molecule has 1 saturated heterocycles. The molecule has 112 valence electrons. The molecule has 1 aliphatic heterocycles. The van der Waals surface area contributed by atoms with Crippen LogP contribution < -0.4 is 16.4 Å². The lowest BCUT2D eigenvalue weighted by Gasteiger charge is -2.18. The first-order valence-corrected chi connectivity index (χ1v) is 7.39. The summed E-state index contributed by atoms with van der Waals surface area (Å²) in [6.07, 6.45) is 1.05. The third-order valence-corrected chi connectivity index (χ3v) is 4.13. The van der Waals surface area contributed by atoms with Crippen molar-refractivity contribution in [1.29, 1.82) is 0 Å². The summed E-state index contributed by atoms with van der Waals surface area (Å²) in [6, 6.07) is 6.01. The molecule has 0 radical (unpaired) electrons. The summed E-state index contributed by atoms with van der Waals surface area (Å²) in [5.41, 5.74) is 6.22. The third-order valence-electron chi connectivity index (χ3n) is 3.35. The largest absolute Gasteiger partial charge is 0.368 e. The van der Waals surface area contributed by atoms with Crippen molar-refractivity contribution in [3.63, 3.8) is 0 Å². The zero-order valence-corrected chi connectivity index (χ0v) is 12.9. The van der Waals surface area contributed by atoms with Gasteiger partial charge in [0.2, 0.25) is 17.7 Å². The molecule has 1 aliphatic rings. The number of carbonyl (C=O) groups excluding carboxylic acids is 3. The van der Waals surface area contributed by atoms with Gasteiger partial charge in [-0.2, -0.15) is 0 Å². The minimum atomic E-state index is -0.811. The highest BCUT2D eigenvalue weighted by molar-refractivity contribution is 9.10. The molecule has 1 fully saturated rings. The van der Waals surface area contributed by atoms with E-state index in [-0.39, 0.29) is 11.8 Å². The maximum absolute atomic E-state index is 12.0. The Morgan fingerprint density at radius 2 is 2.14 bits per heavy atom. The van der Waals surface area contributed by atoms with Gasteiger partial charge in [-0.05, 0) is 18.1 Å². The number of hydrogen-bond donors (Lipinski definition) is 3. The molecule has 0 spiro atoms. The Balaban J connectivity index is 2.03. The van der Waals surface area contributed by atoms with Crippen molar-refractivity contribution in [3.8, 4) is 0 Å². The van der Waals surface area contributed by atoms with Crippen molar-refractivity contribution >= 4 is 33.7 Å². The van der Waals surface area contributed by atoms with E-state index >= 15 is 0 Å². The summed E-state index contributed by atoms with van der Waals surface area (Å²) in [4.78, 5) is 34.7. The van der Waals surface area contributed by atoms with Crippen LogP contribution in [0, 0.1) is 0 Å². The Hall–Kier alpha value is -1.89. The van der Waals surface area contributed by atoms with E-state index in [2.05, 4.69) is 26.6 Å². The molecule has 2 rings (SSSR count). The molecule has 21 heavy (non-hydrogen) atoms. The van der Waals surface area contributed by atoms with Crippen LogP contribution in [0.2, 0.25) is 0 Å². The van der Waals surface area contributed by atoms with Gasteiger partial charge in [-0.25, -0.2) is 0 Å². The van der Waals surface area contributed by atoms with Gasteiger partial charge in [-0.3, -0.25) is 14.4 Å². The van der Waals surface area contributed by atoms with Crippen LogP contribution in [-0.2, 0) is 20.8 Å². The van der Waals surface area contributed by atoms with Gasteiger partial charge in [0.05, 0.1) is 0 Å². The summed E-state index contributed by atoms with van der Waals surface area (Å²) >= 11 is 3.39. The monoisotopic (exact) mass is 353 g/mol. The highest BCUT2D eigenvalue weighted by atomic mass is 79.9. The topological polar surface area (TPSA) is 101 Å². The molecule has 0 aromatic heterocycles. The van der Waals surface area contributed by atoms with E-state index in [0.29, 0.717) is 19.3 Å². The van der Waals surface area contributed by atoms with Crippen LogP contribution in [0.1, 0.15) is 18.4 Å². The average molecular weight is 354 g/mol. The molecule has 3 amide bonds. The molecular weight excluding hydrogens is 338 g/mol. The molecule has 0 bridgehead atoms. The number of hydrogen-bond acceptors (Lipinski definition) is 3. The van der Waals surface area contributed by atoms with E-state index in [0.717, 1.165) is 10.0 Å². The Bertz CT molecular complexity index is 576. The number of rotatable bonds is 5. The fraction of sp³-hybridized carbons (Fsp3) is 0.357. The van der Waals surface area contributed by atoms with E-state index in [9.17, 15) is 14.4 Å². The Labute approximate surface area is 130 Å². The normalized spacial score (nSPS) is 18.9. The SMILES string of the molecule is NC(=O)[C@H](Cc1ccccc1Br)NC(=O)[C@H]1CCC(=O)N1. The van der Waals surface area contributed by atoms with Crippen LogP contribution in [0.3, 0.4) is 0 Å². The van der Waals surface area contributed by atoms with Gasteiger partial charge in [0, 0.05) is 17.3 Å². The number of nitrogens with two attached hydrogens (primary N) is 1. The Kier molecular flexibility index (Phi) is 4.95. The van der Waals surface area contributed by atoms with Gasteiger partial charge >= 0.3 is 0 Å². The number of amides is 3. The molecule has 1 heterocycles. The summed E-state index contributed by atoms with van der Waals surface area (Å²) < 4.78 is 0.847. The van der Waals surface area contributed by atoms with Gasteiger partial charge in [0.15, 0.2) is 0 Å². The third kappa shape index (κ3) is 4.04. The second-order valence-corrected chi connectivity index (χ2v) is 5.77. The molecule has 1 aromatic rings. The lowest BCUT2D eigenvalue weighted by atomic mass is 10.0. The zero-order chi connectivity index (χ0) is 15.4. The molecule has 0 aliphatic carbocycles. The highest BCUT2D eigenvalue weighted by Gasteiger charge is 2.30. The Morgan fingerprint density at radius 1 is 1.43 bits per heavy atom. The molecule has 0 saturated carbocycles. The van der Waals surface area contributed by atoms with E-state index < -0.39 is 18.0 Å². The molecule has 0 unspecified atom stereocenters. The van der Waals surface area contributed by atoms with Gasteiger partial charge in [-0.1, -0.05) is 34.1 Å². The van der Waals surface area contributed by atoms with Crippen LogP contribution in [0.5, 0.6) is 0 Å². The fourth-order valence-electron chi connectivity index (χ4n) is 2.19. The predicted molar refractivity (Wildman–Crippen MR) is 80.1 cm³/mol. The Morgan fingerprint density at radius 3 is 2.71 bits per heavy atom. The van der Waals surface area contributed by atoms with E-state index in [4.69, 9.17) is 5.73 Å². The maximum atomic E-state index is 12.0. The van der Waals surface area contributed by atoms with Crippen LogP contribution in [0.25, 0.3) is 0 Å². The van der Waals surface area contributed by atoms with Crippen molar-refractivity contribution in [2.75, 3.05) is 0 Å². The van der Waals surface area contributed by atoms with Crippen LogP contribution >= 0.6 is 15.9 Å². The van der Waals surface area contributed by atoms with Crippen molar-refractivity contribution in [2.45, 2.75) is 31.3 Å². The second kappa shape index (κ2) is 6.71. The van der Waals surface area contributed by atoms with Crippen LogP contribution in [-0.4, -0.2) is 29.8 Å². The van der Waals surface area contributed by atoms with Crippen molar-refractivity contribution in [2.24, 2.45) is 5.73 Å². The van der Waals surface area contributed by atoms with Crippen molar-refractivity contribution < 1.29 is 14.4 Å². The zero-order valence-electron chi connectivity index (χ0n) is 11.3. The molecule has 4 N–H and O–H groups in total. The maximum Gasteiger partial charge on any atom is 0.243 e. The van der Waals surface area contributed by atoms with Gasteiger partial charge in [0.1, 0.15) is 12.1 Å². The number of primary amides is 1. The number of nitrogens with one attached hydrogen (secondary N) is 2. The minimum Gasteiger partial charge on any atom is -0.368 e.